The number of carbonyl (C=O) groups is 1. The lowest BCUT2D eigenvalue weighted by Gasteiger charge is -2.34. The van der Waals surface area contributed by atoms with Crippen LogP contribution in [0.3, 0.4) is 0 Å². The Morgan fingerprint density at radius 1 is 1.22 bits per heavy atom. The lowest BCUT2D eigenvalue weighted by molar-refractivity contribution is 0.190. The lowest BCUT2D eigenvalue weighted by Crippen LogP contribution is -2.43. The molecule has 0 spiro atoms. The monoisotopic (exact) mass is 244 g/mol. The van der Waals surface area contributed by atoms with Gasteiger partial charge in [-0.15, -0.1) is 0 Å². The number of hydrogen-bond donors (Lipinski definition) is 1. The van der Waals surface area contributed by atoms with Crippen molar-refractivity contribution in [3.05, 3.63) is 35.4 Å². The van der Waals surface area contributed by atoms with E-state index in [1.165, 1.54) is 30.4 Å². The molecular formula is C15H20N2O. The number of amides is 2. The molecule has 1 unspecified atom stereocenters. The van der Waals surface area contributed by atoms with Gasteiger partial charge in [-0.05, 0) is 43.2 Å². The van der Waals surface area contributed by atoms with Crippen molar-refractivity contribution in [3.63, 3.8) is 0 Å². The predicted molar refractivity (Wildman–Crippen MR) is 71.4 cm³/mol. The summed E-state index contributed by atoms with van der Waals surface area (Å²) in [5, 5.41) is 0. The van der Waals surface area contributed by atoms with Gasteiger partial charge in [-0.1, -0.05) is 24.3 Å². The van der Waals surface area contributed by atoms with Gasteiger partial charge in [0.1, 0.15) is 0 Å². The zero-order valence-electron chi connectivity index (χ0n) is 10.6. The maximum Gasteiger partial charge on any atom is 0.315 e. The molecule has 0 aromatic heterocycles. The molecule has 1 fully saturated rings. The number of likely N-dealkylation sites (tertiary alicyclic amines) is 1. The molecule has 18 heavy (non-hydrogen) atoms. The molecule has 3 nitrogen and oxygen atoms in total. The third kappa shape index (κ3) is 1.88. The normalized spacial score (nSPS) is 27.0. The Morgan fingerprint density at radius 2 is 2.06 bits per heavy atom. The van der Waals surface area contributed by atoms with Crippen molar-refractivity contribution in [2.24, 2.45) is 5.73 Å². The number of urea groups is 1. The summed E-state index contributed by atoms with van der Waals surface area (Å²) in [6, 6.07) is 8.76. The van der Waals surface area contributed by atoms with Crippen molar-refractivity contribution in [2.75, 3.05) is 6.54 Å². The SMILES string of the molecule is NC(=O)N1CCCC1[C@@H]1CCCc2ccccc21. The Bertz CT molecular complexity index is 458. The van der Waals surface area contributed by atoms with Crippen LogP contribution in [0, 0.1) is 0 Å². The molecule has 3 rings (SSSR count). The van der Waals surface area contributed by atoms with Crippen LogP contribution in [-0.4, -0.2) is 23.5 Å². The molecule has 2 atom stereocenters. The van der Waals surface area contributed by atoms with Crippen LogP contribution >= 0.6 is 0 Å². The highest BCUT2D eigenvalue weighted by Gasteiger charge is 2.36. The van der Waals surface area contributed by atoms with Crippen molar-refractivity contribution < 1.29 is 4.79 Å². The Balaban J connectivity index is 1.91. The third-order valence-corrected chi connectivity index (χ3v) is 4.46. The fourth-order valence-electron chi connectivity index (χ4n) is 3.68. The van der Waals surface area contributed by atoms with E-state index in [0.717, 1.165) is 19.4 Å². The summed E-state index contributed by atoms with van der Waals surface area (Å²) in [5.41, 5.74) is 8.41. The standard InChI is InChI=1S/C15H20N2O/c16-15(18)17-10-4-9-14(17)13-8-3-6-11-5-1-2-7-12(11)13/h1-2,5,7,13-14H,3-4,6,8-10H2,(H2,16,18)/t13-,14?/m1/s1. The first-order valence-electron chi connectivity index (χ1n) is 6.91. The van der Waals surface area contributed by atoms with Crippen LogP contribution in [0.25, 0.3) is 0 Å². The van der Waals surface area contributed by atoms with Crippen LogP contribution in [0.15, 0.2) is 24.3 Å². The molecule has 1 aliphatic carbocycles. The topological polar surface area (TPSA) is 46.3 Å². The minimum atomic E-state index is -0.249. The summed E-state index contributed by atoms with van der Waals surface area (Å²) in [4.78, 5) is 13.4. The van der Waals surface area contributed by atoms with Crippen LogP contribution in [0.1, 0.15) is 42.7 Å². The molecule has 0 saturated carbocycles. The molecule has 0 bridgehead atoms. The zero-order valence-corrected chi connectivity index (χ0v) is 10.6. The minimum Gasteiger partial charge on any atom is -0.351 e. The number of primary amides is 1. The molecule has 1 heterocycles. The van der Waals surface area contributed by atoms with Gasteiger partial charge in [-0.25, -0.2) is 4.79 Å². The first kappa shape index (κ1) is 11.6. The van der Waals surface area contributed by atoms with Gasteiger partial charge < -0.3 is 10.6 Å². The Labute approximate surface area is 108 Å². The van der Waals surface area contributed by atoms with E-state index >= 15 is 0 Å². The summed E-state index contributed by atoms with van der Waals surface area (Å²) >= 11 is 0. The summed E-state index contributed by atoms with van der Waals surface area (Å²) in [6.07, 6.45) is 5.78. The largest absolute Gasteiger partial charge is 0.351 e. The first-order chi connectivity index (χ1) is 8.77. The molecular weight excluding hydrogens is 224 g/mol. The number of rotatable bonds is 1. The smallest absolute Gasteiger partial charge is 0.315 e. The second-order valence-corrected chi connectivity index (χ2v) is 5.44. The first-order valence-corrected chi connectivity index (χ1v) is 6.91. The zero-order chi connectivity index (χ0) is 12.5. The maximum absolute atomic E-state index is 11.5. The van der Waals surface area contributed by atoms with Gasteiger partial charge in [-0.2, -0.15) is 0 Å². The minimum absolute atomic E-state index is 0.249. The van der Waals surface area contributed by atoms with Gasteiger partial charge in [0.05, 0.1) is 0 Å². The van der Waals surface area contributed by atoms with E-state index in [1.54, 1.807) is 0 Å². The van der Waals surface area contributed by atoms with Crippen molar-refractivity contribution in [3.8, 4) is 0 Å². The number of nitrogens with zero attached hydrogens (tertiary/aromatic N) is 1. The van der Waals surface area contributed by atoms with Crippen LogP contribution in [0.2, 0.25) is 0 Å². The summed E-state index contributed by atoms with van der Waals surface area (Å²) in [5.74, 6) is 0.491. The van der Waals surface area contributed by atoms with Crippen molar-refractivity contribution in [1.82, 2.24) is 4.90 Å². The third-order valence-electron chi connectivity index (χ3n) is 4.46. The van der Waals surface area contributed by atoms with Crippen LogP contribution in [-0.2, 0) is 6.42 Å². The van der Waals surface area contributed by atoms with Crippen molar-refractivity contribution in [2.45, 2.75) is 44.1 Å². The van der Waals surface area contributed by atoms with Gasteiger partial charge in [0.25, 0.3) is 0 Å². The molecule has 2 amide bonds. The Morgan fingerprint density at radius 3 is 2.89 bits per heavy atom. The van der Waals surface area contributed by atoms with Gasteiger partial charge in [0.2, 0.25) is 0 Å². The van der Waals surface area contributed by atoms with Gasteiger partial charge in [-0.3, -0.25) is 0 Å². The quantitative estimate of drug-likeness (QED) is 0.811. The van der Waals surface area contributed by atoms with Crippen LogP contribution in [0.4, 0.5) is 4.79 Å². The van der Waals surface area contributed by atoms with E-state index < -0.39 is 0 Å². The van der Waals surface area contributed by atoms with E-state index in [0.29, 0.717) is 12.0 Å². The molecule has 1 aliphatic heterocycles. The van der Waals surface area contributed by atoms with Gasteiger partial charge >= 0.3 is 6.03 Å². The number of aryl methyl sites for hydroxylation is 1. The van der Waals surface area contributed by atoms with Gasteiger partial charge in [0.15, 0.2) is 0 Å². The Hall–Kier alpha value is -1.51. The Kier molecular flexibility index (Phi) is 2.98. The number of hydrogen-bond acceptors (Lipinski definition) is 1. The number of carbonyl (C=O) groups excluding carboxylic acids is 1. The van der Waals surface area contributed by atoms with E-state index in [-0.39, 0.29) is 6.03 Å². The lowest BCUT2D eigenvalue weighted by atomic mass is 9.78. The van der Waals surface area contributed by atoms with Crippen molar-refractivity contribution >= 4 is 6.03 Å². The van der Waals surface area contributed by atoms with Crippen LogP contribution < -0.4 is 5.73 Å². The predicted octanol–water partition coefficient (Wildman–Crippen LogP) is 2.65. The second-order valence-electron chi connectivity index (χ2n) is 5.44. The highest BCUT2D eigenvalue weighted by molar-refractivity contribution is 5.73. The highest BCUT2D eigenvalue weighted by atomic mass is 16.2. The average molecular weight is 244 g/mol. The molecule has 1 aromatic rings. The maximum atomic E-state index is 11.5. The van der Waals surface area contributed by atoms with E-state index in [2.05, 4.69) is 24.3 Å². The van der Waals surface area contributed by atoms with E-state index in [4.69, 9.17) is 5.73 Å². The van der Waals surface area contributed by atoms with Crippen LogP contribution in [0.5, 0.6) is 0 Å². The van der Waals surface area contributed by atoms with Gasteiger partial charge in [0, 0.05) is 18.5 Å². The molecule has 96 valence electrons. The molecule has 3 heteroatoms. The molecule has 1 saturated heterocycles. The fraction of sp³-hybridized carbons (Fsp3) is 0.533. The summed E-state index contributed by atoms with van der Waals surface area (Å²) in [7, 11) is 0. The molecule has 0 radical (unpaired) electrons. The number of benzene rings is 1. The average Bonchev–Trinajstić information content (AvgIpc) is 2.87. The van der Waals surface area contributed by atoms with Crippen molar-refractivity contribution in [1.29, 1.82) is 0 Å². The molecule has 2 aliphatic rings. The van der Waals surface area contributed by atoms with E-state index in [9.17, 15) is 4.79 Å². The number of nitrogens with two attached hydrogens (primary N) is 1. The highest BCUT2D eigenvalue weighted by Crippen LogP contribution is 2.39. The summed E-state index contributed by atoms with van der Waals surface area (Å²) < 4.78 is 0. The second kappa shape index (κ2) is 4.63. The van der Waals surface area contributed by atoms with E-state index in [1.807, 2.05) is 4.90 Å². The number of fused-ring (bicyclic) bond motifs is 1. The summed E-state index contributed by atoms with van der Waals surface area (Å²) in [6.45, 7) is 0.832. The molecule has 2 N–H and O–H groups in total. The molecule has 1 aromatic carbocycles. The fourth-order valence-corrected chi connectivity index (χ4v) is 3.68.